The van der Waals surface area contributed by atoms with Crippen LogP contribution < -0.4 is 4.74 Å². The molecule has 0 radical (unpaired) electrons. The number of hydrogen-bond acceptors (Lipinski definition) is 4. The Labute approximate surface area is 265 Å². The molecule has 3 saturated carbocycles. The first kappa shape index (κ1) is 32.2. The molecule has 2 atom stereocenters. The zero-order chi connectivity index (χ0) is 31.9. The average molecular weight is 615 g/mol. The van der Waals surface area contributed by atoms with Gasteiger partial charge in [-0.25, -0.2) is 4.79 Å². The van der Waals surface area contributed by atoms with Gasteiger partial charge in [-0.2, -0.15) is 0 Å². The van der Waals surface area contributed by atoms with Crippen LogP contribution in [0.25, 0.3) is 0 Å². The van der Waals surface area contributed by atoms with Crippen LogP contribution in [0.1, 0.15) is 94.5 Å². The normalized spacial score (nSPS) is 23.7. The summed E-state index contributed by atoms with van der Waals surface area (Å²) in [7, 11) is -0.0433. The monoisotopic (exact) mass is 614 g/mol. The molecule has 4 aliphatic rings. The van der Waals surface area contributed by atoms with E-state index < -0.39 is 13.7 Å². The fourth-order valence-electron chi connectivity index (χ4n) is 6.97. The van der Waals surface area contributed by atoms with Crippen molar-refractivity contribution in [2.75, 3.05) is 7.11 Å². The number of hydrogen-bond donors (Lipinski definition) is 0. The van der Waals surface area contributed by atoms with E-state index in [1.165, 1.54) is 5.56 Å². The number of fused-ring (bicyclic) bond motifs is 1. The van der Waals surface area contributed by atoms with Crippen LogP contribution in [0.15, 0.2) is 42.5 Å². The summed E-state index contributed by atoms with van der Waals surface area (Å²) in [6, 6.07) is 14.6. The first-order chi connectivity index (χ1) is 20.7. The Bertz CT molecular complexity index is 1430. The van der Waals surface area contributed by atoms with Gasteiger partial charge in [-0.3, -0.25) is 9.69 Å². The highest BCUT2D eigenvalue weighted by atomic mass is 28.3. The standard InChI is InChI=1S/C37H50N2O4Si/c1-9-10-11-30-20-29-21-31(42-5)16-17-32(29)34(39(30)33(40)18-19-44(6,7)8)28-14-12-26(13-15-28)25-38(35(41)43-36(2,3)4)37-22-27(23-37)24-37/h12-17,21,27,30,34H,9-11,20,22-25H2,1-8H3/t27?,30-,34-,37?/m0/s1. The third kappa shape index (κ3) is 6.86. The Morgan fingerprint density at radius 3 is 2.30 bits per heavy atom. The van der Waals surface area contributed by atoms with Gasteiger partial charge in [-0.05, 0) is 99.1 Å². The van der Waals surface area contributed by atoms with Crippen molar-refractivity contribution in [3.05, 3.63) is 64.7 Å². The largest absolute Gasteiger partial charge is 0.497 e. The predicted molar refractivity (Wildman–Crippen MR) is 178 cm³/mol. The van der Waals surface area contributed by atoms with E-state index in [0.29, 0.717) is 6.54 Å². The highest BCUT2D eigenvalue weighted by molar-refractivity contribution is 6.84. The number of benzene rings is 2. The van der Waals surface area contributed by atoms with E-state index in [1.54, 1.807) is 7.11 Å². The van der Waals surface area contributed by atoms with E-state index in [4.69, 9.17) is 9.47 Å². The maximum absolute atomic E-state index is 14.0. The Hall–Kier alpha value is -3.24. The fraction of sp³-hybridized carbons (Fsp3) is 0.568. The molecule has 2 aromatic rings. The van der Waals surface area contributed by atoms with Gasteiger partial charge in [-0.15, -0.1) is 5.54 Å². The molecule has 3 aliphatic carbocycles. The van der Waals surface area contributed by atoms with Crippen LogP contribution in [0.3, 0.4) is 0 Å². The number of methoxy groups -OCH3 is 1. The highest BCUT2D eigenvalue weighted by Gasteiger charge is 2.61. The second-order valence-electron chi connectivity index (χ2n) is 15.2. The summed E-state index contributed by atoms with van der Waals surface area (Å²) >= 11 is 0. The number of carbonyl (C=O) groups excluding carboxylic acids is 2. The molecule has 0 spiro atoms. The summed E-state index contributed by atoms with van der Waals surface area (Å²) in [5.41, 5.74) is 7.19. The molecule has 3 fully saturated rings. The first-order valence-corrected chi connectivity index (χ1v) is 19.8. The third-order valence-electron chi connectivity index (χ3n) is 9.27. The van der Waals surface area contributed by atoms with Gasteiger partial charge in [0.15, 0.2) is 0 Å². The van der Waals surface area contributed by atoms with E-state index in [-0.39, 0.29) is 29.6 Å². The van der Waals surface area contributed by atoms with Crippen LogP contribution in [0.2, 0.25) is 19.6 Å². The van der Waals surface area contributed by atoms with Crippen LogP contribution in [-0.2, 0) is 22.5 Å². The summed E-state index contributed by atoms with van der Waals surface area (Å²) in [6.07, 6.45) is 6.81. The highest BCUT2D eigenvalue weighted by Crippen LogP contribution is 2.61. The lowest BCUT2D eigenvalue weighted by atomic mass is 9.49. The lowest BCUT2D eigenvalue weighted by Crippen LogP contribution is -2.69. The van der Waals surface area contributed by atoms with Gasteiger partial charge < -0.3 is 14.4 Å². The second-order valence-corrected chi connectivity index (χ2v) is 19.9. The number of carbonyl (C=O) groups is 2. The van der Waals surface area contributed by atoms with Crippen LogP contribution in [0.5, 0.6) is 5.75 Å². The average Bonchev–Trinajstić information content (AvgIpc) is 2.90. The van der Waals surface area contributed by atoms with Crippen LogP contribution in [0.4, 0.5) is 4.79 Å². The molecule has 1 aliphatic heterocycles. The SMILES string of the molecule is CCCC[C@H]1Cc2cc(OC)ccc2[C@H](c2ccc(CN(C(=O)OC(C)(C)C)C34CC(C3)C4)cc2)N1C(=O)C#C[Si](C)(C)C. The molecule has 7 heteroatoms. The minimum absolute atomic E-state index is 0.0506. The van der Waals surface area contributed by atoms with Crippen LogP contribution in [-0.4, -0.2) is 54.2 Å². The third-order valence-corrected chi connectivity index (χ3v) is 10.1. The minimum atomic E-state index is -1.74. The van der Waals surface area contributed by atoms with Gasteiger partial charge in [0.1, 0.15) is 19.4 Å². The van der Waals surface area contributed by atoms with Crippen molar-refractivity contribution in [3.63, 3.8) is 0 Å². The molecule has 2 aromatic carbocycles. The molecule has 6 rings (SSSR count). The minimum Gasteiger partial charge on any atom is -0.497 e. The van der Waals surface area contributed by atoms with Crippen molar-refractivity contribution in [3.8, 4) is 17.2 Å². The fourth-order valence-corrected chi connectivity index (χ4v) is 7.45. The van der Waals surface area contributed by atoms with Gasteiger partial charge in [0.2, 0.25) is 0 Å². The van der Waals surface area contributed by atoms with Crippen molar-refractivity contribution in [2.45, 2.75) is 122 Å². The second kappa shape index (κ2) is 12.3. The molecular weight excluding hydrogens is 565 g/mol. The molecule has 0 aromatic heterocycles. The first-order valence-electron chi connectivity index (χ1n) is 16.3. The zero-order valence-corrected chi connectivity index (χ0v) is 29.0. The Kier molecular flexibility index (Phi) is 8.97. The molecular formula is C37H50N2O4Si. The number of amides is 2. The lowest BCUT2D eigenvalue weighted by Gasteiger charge is -2.65. The predicted octanol–water partition coefficient (Wildman–Crippen LogP) is 7.90. The van der Waals surface area contributed by atoms with E-state index in [2.05, 4.69) is 79.3 Å². The van der Waals surface area contributed by atoms with E-state index in [9.17, 15) is 9.59 Å². The van der Waals surface area contributed by atoms with Gasteiger partial charge in [0.25, 0.3) is 5.91 Å². The zero-order valence-electron chi connectivity index (χ0n) is 28.0. The van der Waals surface area contributed by atoms with Gasteiger partial charge >= 0.3 is 6.09 Å². The van der Waals surface area contributed by atoms with Crippen LogP contribution >= 0.6 is 0 Å². The van der Waals surface area contributed by atoms with Gasteiger partial charge in [0, 0.05) is 18.1 Å². The molecule has 0 N–H and O–H groups in total. The summed E-state index contributed by atoms with van der Waals surface area (Å²) < 4.78 is 11.4. The quantitative estimate of drug-likeness (QED) is 0.224. The van der Waals surface area contributed by atoms with Gasteiger partial charge in [0.05, 0.1) is 13.2 Å². The number of ether oxygens (including phenoxy) is 2. The van der Waals surface area contributed by atoms with Crippen molar-refractivity contribution in [1.82, 2.24) is 9.80 Å². The summed E-state index contributed by atoms with van der Waals surface area (Å²) in [5, 5.41) is 0. The van der Waals surface area contributed by atoms with E-state index in [1.807, 2.05) is 31.7 Å². The molecule has 6 nitrogen and oxygen atoms in total. The summed E-state index contributed by atoms with van der Waals surface area (Å²) in [4.78, 5) is 31.4. The molecule has 1 heterocycles. The topological polar surface area (TPSA) is 59.1 Å². The maximum atomic E-state index is 14.0. The molecule has 236 valence electrons. The number of rotatable bonds is 8. The van der Waals surface area contributed by atoms with Gasteiger partial charge in [-0.1, -0.05) is 69.7 Å². The molecule has 0 saturated heterocycles. The van der Waals surface area contributed by atoms with Crippen LogP contribution in [0, 0.1) is 17.4 Å². The maximum Gasteiger partial charge on any atom is 0.411 e. The lowest BCUT2D eigenvalue weighted by molar-refractivity contribution is -0.141. The molecule has 0 unspecified atom stereocenters. The molecule has 2 bridgehead atoms. The Balaban J connectivity index is 1.50. The molecule has 44 heavy (non-hydrogen) atoms. The number of unbranched alkanes of at least 4 members (excludes halogenated alkanes) is 1. The Morgan fingerprint density at radius 1 is 1.07 bits per heavy atom. The van der Waals surface area contributed by atoms with E-state index in [0.717, 1.165) is 73.3 Å². The smallest absolute Gasteiger partial charge is 0.411 e. The van der Waals surface area contributed by atoms with Crippen molar-refractivity contribution < 1.29 is 19.1 Å². The summed E-state index contributed by atoms with van der Waals surface area (Å²) in [5.74, 6) is 4.56. The van der Waals surface area contributed by atoms with Crippen molar-refractivity contribution in [1.29, 1.82) is 0 Å². The molecule has 2 amide bonds. The van der Waals surface area contributed by atoms with Crippen molar-refractivity contribution >= 4 is 20.1 Å². The Morgan fingerprint density at radius 2 is 1.75 bits per heavy atom. The van der Waals surface area contributed by atoms with Crippen molar-refractivity contribution in [2.24, 2.45) is 5.92 Å². The number of nitrogens with zero attached hydrogens (tertiary/aromatic N) is 2. The van der Waals surface area contributed by atoms with E-state index >= 15 is 0 Å². The summed E-state index contributed by atoms with van der Waals surface area (Å²) in [6.45, 7) is 15.0.